The van der Waals surface area contributed by atoms with E-state index in [1.165, 1.54) is 18.2 Å². The summed E-state index contributed by atoms with van der Waals surface area (Å²) in [5.74, 6) is 6.00. The molecule has 3 N–H and O–H groups in total. The van der Waals surface area contributed by atoms with Gasteiger partial charge in [0.15, 0.2) is 0 Å². The molecular weight excluding hydrogens is 285 g/mol. The molecule has 7 heteroatoms. The Hall–Kier alpha value is -1.99. The van der Waals surface area contributed by atoms with Crippen LogP contribution in [0.1, 0.15) is 23.8 Å². The highest BCUT2D eigenvalue weighted by Gasteiger charge is 2.31. The van der Waals surface area contributed by atoms with Crippen molar-refractivity contribution in [3.63, 3.8) is 0 Å². The van der Waals surface area contributed by atoms with Crippen LogP contribution in [0.4, 0.5) is 13.2 Å². The van der Waals surface area contributed by atoms with Gasteiger partial charge in [-0.25, -0.2) is 0 Å². The largest absolute Gasteiger partial charge is 0.573 e. The van der Waals surface area contributed by atoms with Gasteiger partial charge in [0.1, 0.15) is 11.5 Å². The van der Waals surface area contributed by atoms with E-state index in [1.807, 2.05) is 6.07 Å². The maximum atomic E-state index is 12.2. The van der Waals surface area contributed by atoms with Crippen molar-refractivity contribution in [1.82, 2.24) is 5.43 Å². The van der Waals surface area contributed by atoms with E-state index < -0.39 is 6.36 Å². The number of rotatable bonds is 6. The second-order valence-electron chi connectivity index (χ2n) is 4.46. The van der Waals surface area contributed by atoms with Gasteiger partial charge in [-0.3, -0.25) is 11.3 Å². The van der Waals surface area contributed by atoms with E-state index in [4.69, 9.17) is 10.3 Å². The zero-order valence-electron chi connectivity index (χ0n) is 11.1. The van der Waals surface area contributed by atoms with E-state index in [0.717, 1.165) is 5.76 Å². The molecular formula is C14H15F3N2O2. The summed E-state index contributed by atoms with van der Waals surface area (Å²) in [5.41, 5.74) is 3.21. The van der Waals surface area contributed by atoms with Crippen molar-refractivity contribution in [2.24, 2.45) is 5.84 Å². The first-order valence-corrected chi connectivity index (χ1v) is 6.32. The molecule has 1 unspecified atom stereocenters. The summed E-state index contributed by atoms with van der Waals surface area (Å²) in [6.07, 6.45) is -1.94. The molecule has 21 heavy (non-hydrogen) atoms. The molecule has 0 spiro atoms. The number of ether oxygens (including phenoxy) is 1. The molecule has 0 fully saturated rings. The van der Waals surface area contributed by atoms with Crippen LogP contribution in [-0.2, 0) is 6.42 Å². The molecule has 0 radical (unpaired) electrons. The van der Waals surface area contributed by atoms with Gasteiger partial charge in [0.05, 0.1) is 6.26 Å². The van der Waals surface area contributed by atoms with Crippen molar-refractivity contribution in [3.05, 3.63) is 54.0 Å². The number of halogens is 3. The summed E-state index contributed by atoms with van der Waals surface area (Å²) in [6, 6.07) is 9.06. The minimum absolute atomic E-state index is 0.266. The first kappa shape index (κ1) is 15.4. The van der Waals surface area contributed by atoms with Gasteiger partial charge in [-0.15, -0.1) is 13.2 Å². The van der Waals surface area contributed by atoms with Crippen LogP contribution in [0.3, 0.4) is 0 Å². The van der Waals surface area contributed by atoms with Crippen LogP contribution in [0, 0.1) is 0 Å². The molecule has 0 saturated carbocycles. The highest BCUT2D eigenvalue weighted by molar-refractivity contribution is 5.30. The molecule has 0 saturated heterocycles. The molecule has 1 aromatic heterocycles. The van der Waals surface area contributed by atoms with E-state index in [9.17, 15) is 13.2 Å². The predicted molar refractivity (Wildman–Crippen MR) is 70.2 cm³/mol. The Morgan fingerprint density at radius 1 is 1.24 bits per heavy atom. The minimum Gasteiger partial charge on any atom is -0.469 e. The van der Waals surface area contributed by atoms with Crippen molar-refractivity contribution < 1.29 is 22.3 Å². The highest BCUT2D eigenvalue weighted by atomic mass is 19.4. The molecule has 2 rings (SSSR count). The SMILES string of the molecule is NNC(CCc1ccco1)c1cccc(OC(F)(F)F)c1. The Morgan fingerprint density at radius 2 is 2.05 bits per heavy atom. The van der Waals surface area contributed by atoms with Gasteiger partial charge < -0.3 is 9.15 Å². The zero-order valence-corrected chi connectivity index (χ0v) is 11.1. The lowest BCUT2D eigenvalue weighted by Crippen LogP contribution is -2.28. The fraction of sp³-hybridized carbons (Fsp3) is 0.286. The average molecular weight is 300 g/mol. The average Bonchev–Trinajstić information content (AvgIpc) is 2.91. The van der Waals surface area contributed by atoms with Crippen molar-refractivity contribution in [1.29, 1.82) is 0 Å². The topological polar surface area (TPSA) is 60.4 Å². The maximum absolute atomic E-state index is 12.2. The number of hydrazine groups is 1. The molecule has 0 amide bonds. The highest BCUT2D eigenvalue weighted by Crippen LogP contribution is 2.27. The van der Waals surface area contributed by atoms with Crippen LogP contribution in [0.25, 0.3) is 0 Å². The fourth-order valence-electron chi connectivity index (χ4n) is 2.02. The number of nitrogens with one attached hydrogen (secondary N) is 1. The summed E-state index contributed by atoms with van der Waals surface area (Å²) in [5, 5.41) is 0. The molecule has 2 aromatic rings. The number of hydrogen-bond acceptors (Lipinski definition) is 4. The number of nitrogens with two attached hydrogens (primary N) is 1. The van der Waals surface area contributed by atoms with Gasteiger partial charge in [0.25, 0.3) is 0 Å². The van der Waals surface area contributed by atoms with Gasteiger partial charge in [-0.05, 0) is 36.2 Å². The lowest BCUT2D eigenvalue weighted by Gasteiger charge is -2.17. The van der Waals surface area contributed by atoms with E-state index in [2.05, 4.69) is 10.2 Å². The third-order valence-corrected chi connectivity index (χ3v) is 2.95. The molecule has 0 aliphatic carbocycles. The molecule has 0 aliphatic rings. The summed E-state index contributed by atoms with van der Waals surface area (Å²) in [6.45, 7) is 0. The molecule has 0 aliphatic heterocycles. The third kappa shape index (κ3) is 4.80. The smallest absolute Gasteiger partial charge is 0.469 e. The molecule has 1 heterocycles. The number of alkyl halides is 3. The Morgan fingerprint density at radius 3 is 2.67 bits per heavy atom. The first-order valence-electron chi connectivity index (χ1n) is 6.32. The van der Waals surface area contributed by atoms with Crippen LogP contribution in [0.15, 0.2) is 47.1 Å². The van der Waals surface area contributed by atoms with Crippen LogP contribution >= 0.6 is 0 Å². The molecule has 0 bridgehead atoms. The summed E-state index contributed by atoms with van der Waals surface area (Å²) in [7, 11) is 0. The second-order valence-corrected chi connectivity index (χ2v) is 4.46. The number of benzene rings is 1. The monoisotopic (exact) mass is 300 g/mol. The van der Waals surface area contributed by atoms with Crippen LogP contribution in [0.2, 0.25) is 0 Å². The Bertz CT molecular complexity index is 556. The van der Waals surface area contributed by atoms with Crippen LogP contribution in [0.5, 0.6) is 5.75 Å². The van der Waals surface area contributed by atoms with Crippen molar-refractivity contribution in [3.8, 4) is 5.75 Å². The Kier molecular flexibility index (Phi) is 4.87. The number of furan rings is 1. The first-order chi connectivity index (χ1) is 9.98. The van der Waals surface area contributed by atoms with E-state index >= 15 is 0 Å². The lowest BCUT2D eigenvalue weighted by atomic mass is 10.0. The lowest BCUT2D eigenvalue weighted by molar-refractivity contribution is -0.274. The van der Waals surface area contributed by atoms with Gasteiger partial charge in [-0.1, -0.05) is 12.1 Å². The molecule has 114 valence electrons. The van der Waals surface area contributed by atoms with E-state index in [1.54, 1.807) is 18.4 Å². The van der Waals surface area contributed by atoms with Crippen molar-refractivity contribution >= 4 is 0 Å². The zero-order chi connectivity index (χ0) is 15.3. The van der Waals surface area contributed by atoms with E-state index in [-0.39, 0.29) is 11.8 Å². The van der Waals surface area contributed by atoms with Crippen molar-refractivity contribution in [2.75, 3.05) is 0 Å². The summed E-state index contributed by atoms with van der Waals surface area (Å²) in [4.78, 5) is 0. The molecule has 1 aromatic carbocycles. The Labute approximate surface area is 119 Å². The maximum Gasteiger partial charge on any atom is 0.573 e. The van der Waals surface area contributed by atoms with Gasteiger partial charge in [-0.2, -0.15) is 0 Å². The minimum atomic E-state index is -4.71. The molecule has 4 nitrogen and oxygen atoms in total. The summed E-state index contributed by atoms with van der Waals surface area (Å²) >= 11 is 0. The number of aryl methyl sites for hydroxylation is 1. The molecule has 1 atom stereocenters. The summed E-state index contributed by atoms with van der Waals surface area (Å²) < 4.78 is 45.8. The van der Waals surface area contributed by atoms with Gasteiger partial charge >= 0.3 is 6.36 Å². The van der Waals surface area contributed by atoms with Gasteiger partial charge in [0.2, 0.25) is 0 Å². The van der Waals surface area contributed by atoms with Gasteiger partial charge in [0, 0.05) is 12.5 Å². The Balaban J connectivity index is 2.05. The second kappa shape index (κ2) is 6.64. The standard InChI is InChI=1S/C14H15F3N2O2/c15-14(16,17)21-12-4-1-3-10(9-12)13(19-18)7-6-11-5-2-8-20-11/h1-5,8-9,13,19H,6-7,18H2. The van der Waals surface area contributed by atoms with Crippen molar-refractivity contribution in [2.45, 2.75) is 25.2 Å². The van der Waals surface area contributed by atoms with Crippen LogP contribution < -0.4 is 16.0 Å². The predicted octanol–water partition coefficient (Wildman–Crippen LogP) is 3.32. The van der Waals surface area contributed by atoms with Crippen LogP contribution in [-0.4, -0.2) is 6.36 Å². The third-order valence-electron chi connectivity index (χ3n) is 2.95. The van der Waals surface area contributed by atoms with E-state index in [0.29, 0.717) is 18.4 Å². The quantitative estimate of drug-likeness (QED) is 0.634. The number of hydrogen-bond donors (Lipinski definition) is 2. The normalized spacial score (nSPS) is 13.1. The fourth-order valence-corrected chi connectivity index (χ4v) is 2.02.